The summed E-state index contributed by atoms with van der Waals surface area (Å²) in [5, 5.41) is 9.37. The molecule has 0 aromatic heterocycles. The fourth-order valence-electron chi connectivity index (χ4n) is 2.70. The van der Waals surface area contributed by atoms with Crippen LogP contribution in [0.4, 0.5) is 4.79 Å². The highest BCUT2D eigenvalue weighted by Crippen LogP contribution is 2.33. The lowest BCUT2D eigenvalue weighted by Gasteiger charge is -2.42. The highest BCUT2D eigenvalue weighted by atomic mass is 79.9. The summed E-state index contributed by atoms with van der Waals surface area (Å²) in [6.45, 7) is 5.88. The molecule has 1 aliphatic rings. The molecule has 0 aliphatic heterocycles. The van der Waals surface area contributed by atoms with E-state index in [2.05, 4.69) is 37.9 Å². The van der Waals surface area contributed by atoms with E-state index < -0.39 is 6.09 Å². The van der Waals surface area contributed by atoms with Gasteiger partial charge >= 0.3 is 6.09 Å². The molecule has 18 heavy (non-hydrogen) atoms. The molecule has 0 atom stereocenters. The summed E-state index contributed by atoms with van der Waals surface area (Å²) in [4.78, 5) is 13.0. The zero-order chi connectivity index (χ0) is 13.9. The van der Waals surface area contributed by atoms with E-state index in [1.165, 1.54) is 0 Å². The quantitative estimate of drug-likeness (QED) is 0.733. The van der Waals surface area contributed by atoms with Crippen LogP contribution in [0.3, 0.4) is 0 Å². The maximum Gasteiger partial charge on any atom is 0.407 e. The number of carboxylic acid groups (broad SMARTS) is 1. The van der Waals surface area contributed by atoms with E-state index >= 15 is 0 Å². The predicted octanol–water partition coefficient (Wildman–Crippen LogP) is 4.95. The van der Waals surface area contributed by atoms with Crippen molar-refractivity contribution < 1.29 is 9.90 Å². The molecule has 1 aliphatic carbocycles. The summed E-state index contributed by atoms with van der Waals surface area (Å²) in [6, 6.07) is 0.154. The van der Waals surface area contributed by atoms with Crippen LogP contribution in [0, 0.1) is 5.92 Å². The average molecular weight is 383 g/mol. The monoisotopic (exact) mass is 381 g/mol. The lowest BCUT2D eigenvalue weighted by atomic mass is 9.84. The Morgan fingerprint density at radius 2 is 1.72 bits per heavy atom. The van der Waals surface area contributed by atoms with E-state index in [4.69, 9.17) is 0 Å². The van der Waals surface area contributed by atoms with Crippen molar-refractivity contribution in [1.82, 2.24) is 4.90 Å². The smallest absolute Gasteiger partial charge is 0.407 e. The lowest BCUT2D eigenvalue weighted by molar-refractivity contribution is 0.0532. The Morgan fingerprint density at radius 1 is 1.22 bits per heavy atom. The zero-order valence-electron chi connectivity index (χ0n) is 11.1. The third-order valence-corrected chi connectivity index (χ3v) is 3.93. The third-order valence-electron chi connectivity index (χ3n) is 3.40. The van der Waals surface area contributed by atoms with Gasteiger partial charge in [-0.3, -0.25) is 0 Å². The molecule has 0 heterocycles. The van der Waals surface area contributed by atoms with Gasteiger partial charge in [-0.15, -0.1) is 0 Å². The number of amides is 1. The summed E-state index contributed by atoms with van der Waals surface area (Å²) in [5.41, 5.74) is -0.324. The minimum Gasteiger partial charge on any atom is -0.465 e. The normalized spacial score (nSPS) is 24.5. The lowest BCUT2D eigenvalue weighted by Crippen LogP contribution is -2.52. The first kappa shape index (κ1) is 16.0. The van der Waals surface area contributed by atoms with Crippen LogP contribution >= 0.6 is 31.9 Å². The Morgan fingerprint density at radius 3 is 2.06 bits per heavy atom. The minimum absolute atomic E-state index is 0.154. The van der Waals surface area contributed by atoms with Gasteiger partial charge in [-0.25, -0.2) is 4.79 Å². The number of nitrogens with zero attached hydrogens (tertiary/aromatic N) is 1. The van der Waals surface area contributed by atoms with Gasteiger partial charge < -0.3 is 10.0 Å². The van der Waals surface area contributed by atoms with E-state index in [9.17, 15) is 9.90 Å². The third kappa shape index (κ3) is 4.57. The molecule has 5 heteroatoms. The van der Waals surface area contributed by atoms with Crippen LogP contribution in [0.2, 0.25) is 0 Å². The van der Waals surface area contributed by atoms with Crippen LogP contribution in [-0.2, 0) is 0 Å². The Balaban J connectivity index is 2.66. The molecule has 104 valence electrons. The second-order valence-electron chi connectivity index (χ2n) is 5.85. The van der Waals surface area contributed by atoms with Crippen LogP contribution in [0.5, 0.6) is 0 Å². The molecule has 1 rings (SSSR count). The second-order valence-corrected chi connectivity index (χ2v) is 8.62. The molecule has 0 unspecified atom stereocenters. The number of carbonyl (C=O) groups is 1. The van der Waals surface area contributed by atoms with Crippen LogP contribution in [0.25, 0.3) is 0 Å². The van der Waals surface area contributed by atoms with E-state index in [1.807, 2.05) is 20.8 Å². The van der Waals surface area contributed by atoms with Gasteiger partial charge in [0, 0.05) is 11.6 Å². The van der Waals surface area contributed by atoms with Gasteiger partial charge in [0.05, 0.1) is 3.39 Å². The van der Waals surface area contributed by atoms with E-state index in [1.54, 1.807) is 4.90 Å². The first-order valence-electron chi connectivity index (χ1n) is 6.27. The number of allylic oxidation sites excluding steroid dienone is 1. The topological polar surface area (TPSA) is 40.5 Å². The Kier molecular flexibility index (Phi) is 5.71. The molecule has 1 amide bonds. The van der Waals surface area contributed by atoms with E-state index in [0.717, 1.165) is 29.1 Å². The molecule has 0 saturated heterocycles. The minimum atomic E-state index is -0.803. The molecule has 1 N–H and O–H groups in total. The Hall–Kier alpha value is -0.0300. The first-order chi connectivity index (χ1) is 8.21. The van der Waals surface area contributed by atoms with Gasteiger partial charge in [0.25, 0.3) is 0 Å². The predicted molar refractivity (Wildman–Crippen MR) is 81.3 cm³/mol. The number of hydrogen-bond acceptors (Lipinski definition) is 1. The highest BCUT2D eigenvalue weighted by Gasteiger charge is 2.35. The summed E-state index contributed by atoms with van der Waals surface area (Å²) < 4.78 is 0.990. The number of hydrogen-bond donors (Lipinski definition) is 1. The number of rotatable bonds is 2. The summed E-state index contributed by atoms with van der Waals surface area (Å²) in [7, 11) is 0. The second kappa shape index (κ2) is 6.42. The average Bonchev–Trinajstić information content (AvgIpc) is 2.17. The van der Waals surface area contributed by atoms with Crippen molar-refractivity contribution >= 4 is 38.0 Å². The van der Waals surface area contributed by atoms with Gasteiger partial charge in [0.15, 0.2) is 0 Å². The van der Waals surface area contributed by atoms with Gasteiger partial charge in [-0.2, -0.15) is 0 Å². The summed E-state index contributed by atoms with van der Waals surface area (Å²) in [6.07, 6.45) is 5.34. The van der Waals surface area contributed by atoms with E-state index in [-0.39, 0.29) is 11.6 Å². The van der Waals surface area contributed by atoms with Crippen molar-refractivity contribution in [3.8, 4) is 0 Å². The Bertz CT molecular complexity index is 324. The molecule has 3 nitrogen and oxygen atoms in total. The molecule has 0 aromatic rings. The van der Waals surface area contributed by atoms with Crippen LogP contribution in [0.1, 0.15) is 46.5 Å². The van der Waals surface area contributed by atoms with Crippen LogP contribution in [0.15, 0.2) is 9.47 Å². The van der Waals surface area contributed by atoms with Crippen molar-refractivity contribution in [2.75, 3.05) is 0 Å². The summed E-state index contributed by atoms with van der Waals surface area (Å²) >= 11 is 6.76. The fraction of sp³-hybridized carbons (Fsp3) is 0.769. The Labute approximate surface area is 126 Å². The SMILES string of the molecule is CC(C)(C)N(C(=O)O)C1CCC(C=C(Br)Br)CC1. The fourth-order valence-corrected chi connectivity index (χ4v) is 3.44. The maximum absolute atomic E-state index is 11.4. The molecule has 0 bridgehead atoms. The van der Waals surface area contributed by atoms with E-state index in [0.29, 0.717) is 5.92 Å². The van der Waals surface area contributed by atoms with Gasteiger partial charge in [0.1, 0.15) is 0 Å². The first-order valence-corrected chi connectivity index (χ1v) is 7.85. The molecular weight excluding hydrogens is 362 g/mol. The molecule has 0 radical (unpaired) electrons. The molecule has 1 fully saturated rings. The molecule has 0 spiro atoms. The zero-order valence-corrected chi connectivity index (χ0v) is 14.3. The van der Waals surface area contributed by atoms with Gasteiger partial charge in [-0.05, 0) is 84.2 Å². The van der Waals surface area contributed by atoms with Crippen LogP contribution in [-0.4, -0.2) is 27.7 Å². The van der Waals surface area contributed by atoms with Gasteiger partial charge in [0.2, 0.25) is 0 Å². The van der Waals surface area contributed by atoms with Crippen LogP contribution < -0.4 is 0 Å². The van der Waals surface area contributed by atoms with Crippen molar-refractivity contribution in [2.24, 2.45) is 5.92 Å². The van der Waals surface area contributed by atoms with Crippen molar-refractivity contribution in [2.45, 2.75) is 58.0 Å². The maximum atomic E-state index is 11.4. The highest BCUT2D eigenvalue weighted by molar-refractivity contribution is 9.28. The van der Waals surface area contributed by atoms with Crippen molar-refractivity contribution in [3.05, 3.63) is 9.47 Å². The largest absolute Gasteiger partial charge is 0.465 e. The molecular formula is C13H21Br2NO2. The molecule has 1 saturated carbocycles. The number of halogens is 2. The van der Waals surface area contributed by atoms with Gasteiger partial charge in [-0.1, -0.05) is 6.08 Å². The molecule has 0 aromatic carbocycles. The standard InChI is InChI=1S/C13H21Br2NO2/c1-13(2,3)16(12(17)18)10-6-4-9(5-7-10)8-11(14)15/h8-10H,4-7H2,1-3H3,(H,17,18). The van der Waals surface area contributed by atoms with Crippen molar-refractivity contribution in [1.29, 1.82) is 0 Å². The summed E-state index contributed by atoms with van der Waals surface area (Å²) in [5.74, 6) is 0.547. The van der Waals surface area contributed by atoms with Crippen molar-refractivity contribution in [3.63, 3.8) is 0 Å².